The van der Waals surface area contributed by atoms with Gasteiger partial charge in [-0.3, -0.25) is 9.59 Å². The Balaban J connectivity index is 1.50. The van der Waals surface area contributed by atoms with Crippen LogP contribution in [0.1, 0.15) is 115 Å². The highest BCUT2D eigenvalue weighted by Gasteiger charge is 2.34. The molecule has 0 spiro atoms. The van der Waals surface area contributed by atoms with E-state index in [1.54, 1.807) is 6.92 Å². The molecule has 0 aliphatic carbocycles. The van der Waals surface area contributed by atoms with E-state index in [1.165, 1.54) is 38.5 Å². The highest BCUT2D eigenvalue weighted by Crippen LogP contribution is 2.32. The van der Waals surface area contributed by atoms with Gasteiger partial charge in [-0.15, -0.1) is 0 Å². The Kier molecular flexibility index (Phi) is 13.4. The lowest BCUT2D eigenvalue weighted by Gasteiger charge is -2.27. The minimum Gasteiger partial charge on any atom is -0.481 e. The molecule has 0 aliphatic heterocycles. The second-order valence-electron chi connectivity index (χ2n) is 11.0. The fourth-order valence-electron chi connectivity index (χ4n) is 5.11. The summed E-state index contributed by atoms with van der Waals surface area (Å²) in [6.07, 6.45) is 18.8. The number of hydrogen-bond donors (Lipinski definition) is 1. The summed E-state index contributed by atoms with van der Waals surface area (Å²) in [5, 5.41) is 9.76. The molecule has 0 radical (unpaired) electrons. The first-order valence-corrected chi connectivity index (χ1v) is 14.3. The molecule has 3 nitrogen and oxygen atoms in total. The predicted octanol–water partition coefficient (Wildman–Crippen LogP) is 9.20. The van der Waals surface area contributed by atoms with Crippen molar-refractivity contribution in [3.05, 3.63) is 83.9 Å². The van der Waals surface area contributed by atoms with Crippen LogP contribution in [0.15, 0.2) is 72.8 Å². The summed E-state index contributed by atoms with van der Waals surface area (Å²) in [5.41, 5.74) is 0.878. The van der Waals surface area contributed by atoms with E-state index in [-0.39, 0.29) is 11.2 Å². The first-order chi connectivity index (χ1) is 17.8. The lowest BCUT2D eigenvalue weighted by Crippen LogP contribution is -2.32. The highest BCUT2D eigenvalue weighted by atomic mass is 16.4. The Morgan fingerprint density at radius 1 is 0.622 bits per heavy atom. The third-order valence-electron chi connectivity index (χ3n) is 8.08. The van der Waals surface area contributed by atoms with Gasteiger partial charge in [0.05, 0.1) is 10.8 Å². The molecule has 0 aromatic heterocycles. The van der Waals surface area contributed by atoms with Gasteiger partial charge in [-0.2, -0.15) is 0 Å². The first kappa shape index (κ1) is 30.5. The zero-order valence-electron chi connectivity index (χ0n) is 23.4. The molecule has 3 heteroatoms. The maximum atomic E-state index is 12.3. The van der Waals surface area contributed by atoms with E-state index in [2.05, 4.69) is 31.2 Å². The molecule has 0 aliphatic rings. The Morgan fingerprint density at radius 2 is 1.00 bits per heavy atom. The number of Topliss-reactive ketones (excluding diaryl/α,β-unsaturated/α-hetero) is 1. The van der Waals surface area contributed by atoms with Gasteiger partial charge in [0.2, 0.25) is 0 Å². The molecule has 2 rings (SSSR count). The number of carbonyl (C=O) groups excluding carboxylic acids is 1. The molecular formula is C34H48O3. The quantitative estimate of drug-likeness (QED) is 0.153. The van der Waals surface area contributed by atoms with Gasteiger partial charge >= 0.3 is 5.97 Å². The van der Waals surface area contributed by atoms with Crippen molar-refractivity contribution in [2.24, 2.45) is 0 Å². The Hall–Kier alpha value is -2.68. The van der Waals surface area contributed by atoms with E-state index in [0.717, 1.165) is 49.7 Å². The molecule has 0 saturated heterocycles. The van der Waals surface area contributed by atoms with Crippen molar-refractivity contribution < 1.29 is 14.7 Å². The van der Waals surface area contributed by atoms with Crippen LogP contribution < -0.4 is 0 Å². The van der Waals surface area contributed by atoms with Gasteiger partial charge in [-0.25, -0.2) is 0 Å². The molecule has 2 unspecified atom stereocenters. The van der Waals surface area contributed by atoms with Crippen molar-refractivity contribution in [3.8, 4) is 0 Å². The number of unbranched alkanes of at least 4 members (excludes halogenated alkanes) is 9. The largest absolute Gasteiger partial charge is 0.481 e. The summed E-state index contributed by atoms with van der Waals surface area (Å²) >= 11 is 0. The molecule has 2 atom stereocenters. The van der Waals surface area contributed by atoms with Crippen molar-refractivity contribution >= 4 is 11.8 Å². The van der Waals surface area contributed by atoms with E-state index in [1.807, 2.05) is 55.5 Å². The van der Waals surface area contributed by atoms with Crippen molar-refractivity contribution in [1.29, 1.82) is 0 Å². The number of ketones is 1. The third kappa shape index (κ3) is 9.95. The Bertz CT molecular complexity index is 950. The van der Waals surface area contributed by atoms with Gasteiger partial charge in [0.25, 0.3) is 0 Å². The molecule has 2 aromatic carbocycles. The number of benzene rings is 2. The second kappa shape index (κ2) is 16.2. The van der Waals surface area contributed by atoms with Crippen molar-refractivity contribution in [1.82, 2.24) is 0 Å². The minimum absolute atomic E-state index is 0.257. The number of rotatable bonds is 19. The SMILES string of the molecule is CC(=O)C(C)(CCCCCCC=CCCCCCCCC(C)(C(=O)O)c1ccccc1)c1ccccc1. The topological polar surface area (TPSA) is 54.4 Å². The summed E-state index contributed by atoms with van der Waals surface area (Å²) in [7, 11) is 0. The highest BCUT2D eigenvalue weighted by molar-refractivity contribution is 5.87. The van der Waals surface area contributed by atoms with Crippen LogP contribution in [0.5, 0.6) is 0 Å². The lowest BCUT2D eigenvalue weighted by atomic mass is 9.75. The smallest absolute Gasteiger partial charge is 0.313 e. The monoisotopic (exact) mass is 504 g/mol. The van der Waals surface area contributed by atoms with Crippen LogP contribution in [-0.4, -0.2) is 16.9 Å². The van der Waals surface area contributed by atoms with Crippen LogP contribution in [0.2, 0.25) is 0 Å². The number of carbonyl (C=O) groups is 2. The van der Waals surface area contributed by atoms with E-state index in [9.17, 15) is 14.7 Å². The standard InChI is InChI=1S/C34H48O3/c1-29(35)33(2,30-23-17-15-18-24-30)27-21-13-11-9-7-5-4-6-8-10-12-14-22-28-34(3,32(36)37)31-25-19-16-20-26-31/h4-5,15-20,23-26H,6-14,21-22,27-28H2,1-3H3,(H,36,37). The van der Waals surface area contributed by atoms with Crippen LogP contribution in [0.4, 0.5) is 0 Å². The summed E-state index contributed by atoms with van der Waals surface area (Å²) < 4.78 is 0. The van der Waals surface area contributed by atoms with Crippen molar-refractivity contribution in [2.75, 3.05) is 0 Å². The first-order valence-electron chi connectivity index (χ1n) is 14.3. The minimum atomic E-state index is -0.793. The van der Waals surface area contributed by atoms with Crippen LogP contribution in [0.25, 0.3) is 0 Å². The molecule has 1 N–H and O–H groups in total. The van der Waals surface area contributed by atoms with Gasteiger partial charge in [-0.1, -0.05) is 118 Å². The summed E-state index contributed by atoms with van der Waals surface area (Å²) in [6, 6.07) is 19.8. The van der Waals surface area contributed by atoms with Gasteiger partial charge in [0.1, 0.15) is 5.78 Å². The number of hydrogen-bond acceptors (Lipinski definition) is 2. The van der Waals surface area contributed by atoms with Crippen LogP contribution in [0, 0.1) is 0 Å². The van der Waals surface area contributed by atoms with Crippen LogP contribution >= 0.6 is 0 Å². The average molecular weight is 505 g/mol. The molecule has 0 saturated carbocycles. The zero-order valence-corrected chi connectivity index (χ0v) is 23.4. The van der Waals surface area contributed by atoms with E-state index in [4.69, 9.17) is 0 Å². The van der Waals surface area contributed by atoms with E-state index < -0.39 is 11.4 Å². The Labute approximate surface area is 225 Å². The fourth-order valence-corrected chi connectivity index (χ4v) is 5.11. The van der Waals surface area contributed by atoms with Gasteiger partial charge < -0.3 is 5.11 Å². The maximum Gasteiger partial charge on any atom is 0.313 e. The number of aliphatic carboxylic acids is 1. The molecule has 0 heterocycles. The third-order valence-corrected chi connectivity index (χ3v) is 8.08. The molecular weight excluding hydrogens is 456 g/mol. The van der Waals surface area contributed by atoms with Crippen LogP contribution in [-0.2, 0) is 20.4 Å². The van der Waals surface area contributed by atoms with Crippen molar-refractivity contribution in [3.63, 3.8) is 0 Å². The average Bonchev–Trinajstić information content (AvgIpc) is 2.91. The molecule has 0 fully saturated rings. The second-order valence-corrected chi connectivity index (χ2v) is 11.0. The summed E-state index contributed by atoms with van der Waals surface area (Å²) in [5.74, 6) is -0.474. The summed E-state index contributed by atoms with van der Waals surface area (Å²) in [6.45, 7) is 5.66. The normalized spacial score (nSPS) is 14.8. The number of allylic oxidation sites excluding steroid dienone is 2. The maximum absolute atomic E-state index is 12.3. The van der Waals surface area contributed by atoms with Crippen molar-refractivity contribution in [2.45, 2.75) is 115 Å². The van der Waals surface area contributed by atoms with Gasteiger partial charge in [0.15, 0.2) is 0 Å². The molecule has 0 amide bonds. The zero-order chi connectivity index (χ0) is 27.0. The van der Waals surface area contributed by atoms with Gasteiger partial charge in [-0.05, 0) is 70.4 Å². The van der Waals surface area contributed by atoms with E-state index in [0.29, 0.717) is 6.42 Å². The molecule has 2 aromatic rings. The predicted molar refractivity (Wildman–Crippen MR) is 155 cm³/mol. The van der Waals surface area contributed by atoms with E-state index >= 15 is 0 Å². The number of carboxylic acids is 1. The molecule has 202 valence electrons. The van der Waals surface area contributed by atoms with Gasteiger partial charge in [0, 0.05) is 0 Å². The lowest BCUT2D eigenvalue weighted by molar-refractivity contribution is -0.143. The summed E-state index contributed by atoms with van der Waals surface area (Å²) in [4.78, 5) is 24.2. The molecule has 0 bridgehead atoms. The fraction of sp³-hybridized carbons (Fsp3) is 0.529. The Morgan fingerprint density at radius 3 is 1.43 bits per heavy atom. The van der Waals surface area contributed by atoms with Crippen LogP contribution in [0.3, 0.4) is 0 Å². The number of carboxylic acid groups (broad SMARTS) is 1. The molecule has 37 heavy (non-hydrogen) atoms.